The number of aromatic amines is 1. The van der Waals surface area contributed by atoms with Crippen molar-refractivity contribution in [3.8, 4) is 0 Å². The number of H-pyrrole nitrogens is 1. The predicted molar refractivity (Wildman–Crippen MR) is 111 cm³/mol. The van der Waals surface area contributed by atoms with Gasteiger partial charge in [-0.2, -0.15) is 18.3 Å². The standard InChI is InChI=1S/C21H26ClF3N4O2/c1-20(2,18(30)16-8-13(22)5-11-9-27-28-17(11)16)12-6-14-3-4-15(7-12)29(14)19(31)26-10-21(23,24)25/h5,8-9,12,14-15,18,30H,3-4,6-7,10H2,1-2H3,(H,26,31)(H,27,28)/t12?,14-,15?,18?/m0/s1. The van der Waals surface area contributed by atoms with Crippen molar-refractivity contribution in [2.75, 3.05) is 6.54 Å². The van der Waals surface area contributed by atoms with Gasteiger partial charge in [0.05, 0.1) is 17.8 Å². The zero-order chi connectivity index (χ0) is 22.6. The van der Waals surface area contributed by atoms with Gasteiger partial charge in [-0.25, -0.2) is 4.79 Å². The van der Waals surface area contributed by atoms with E-state index < -0.39 is 30.3 Å². The van der Waals surface area contributed by atoms with Gasteiger partial charge in [-0.3, -0.25) is 5.10 Å². The Labute approximate surface area is 183 Å². The number of aliphatic hydroxyl groups excluding tert-OH is 1. The molecule has 2 fully saturated rings. The zero-order valence-corrected chi connectivity index (χ0v) is 18.1. The third kappa shape index (κ3) is 4.22. The summed E-state index contributed by atoms with van der Waals surface area (Å²) >= 11 is 6.25. The highest BCUT2D eigenvalue weighted by molar-refractivity contribution is 6.31. The summed E-state index contributed by atoms with van der Waals surface area (Å²) in [4.78, 5) is 14.0. The second-order valence-electron chi connectivity index (χ2n) is 9.29. The van der Waals surface area contributed by atoms with Crippen molar-refractivity contribution in [3.63, 3.8) is 0 Å². The summed E-state index contributed by atoms with van der Waals surface area (Å²) in [6.07, 6.45) is -0.830. The number of aromatic nitrogens is 2. The van der Waals surface area contributed by atoms with E-state index in [1.165, 1.54) is 0 Å². The minimum absolute atomic E-state index is 0.0867. The van der Waals surface area contributed by atoms with Crippen LogP contribution in [0.15, 0.2) is 18.3 Å². The number of fused-ring (bicyclic) bond motifs is 3. The molecular formula is C21H26ClF3N4O2. The number of urea groups is 1. The number of carbonyl (C=O) groups is 1. The van der Waals surface area contributed by atoms with E-state index in [9.17, 15) is 23.1 Å². The lowest BCUT2D eigenvalue weighted by atomic mass is 9.67. The normalized spacial score (nSPS) is 25.1. The zero-order valence-electron chi connectivity index (χ0n) is 17.3. The first-order valence-corrected chi connectivity index (χ1v) is 10.8. The number of alkyl halides is 3. The minimum Gasteiger partial charge on any atom is -0.388 e. The van der Waals surface area contributed by atoms with Crippen molar-refractivity contribution >= 4 is 28.5 Å². The fraction of sp³-hybridized carbons (Fsp3) is 0.619. The van der Waals surface area contributed by atoms with Crippen LogP contribution >= 0.6 is 11.6 Å². The Hall–Kier alpha value is -2.00. The molecule has 0 spiro atoms. The summed E-state index contributed by atoms with van der Waals surface area (Å²) in [5.41, 5.74) is 0.859. The third-order valence-corrected chi connectivity index (χ3v) is 7.22. The van der Waals surface area contributed by atoms with E-state index in [-0.39, 0.29) is 18.0 Å². The van der Waals surface area contributed by atoms with Crippen LogP contribution in [0.5, 0.6) is 0 Å². The highest BCUT2D eigenvalue weighted by Crippen LogP contribution is 2.51. The van der Waals surface area contributed by atoms with Gasteiger partial charge >= 0.3 is 12.2 Å². The molecule has 2 aromatic rings. The number of hydrogen-bond acceptors (Lipinski definition) is 3. The monoisotopic (exact) mass is 458 g/mol. The first-order valence-electron chi connectivity index (χ1n) is 10.4. The lowest BCUT2D eigenvalue weighted by Crippen LogP contribution is -2.54. The molecule has 2 amide bonds. The Morgan fingerprint density at radius 1 is 1.32 bits per heavy atom. The smallest absolute Gasteiger partial charge is 0.388 e. The van der Waals surface area contributed by atoms with Gasteiger partial charge in [-0.05, 0) is 49.1 Å². The van der Waals surface area contributed by atoms with Crippen molar-refractivity contribution < 1.29 is 23.1 Å². The molecule has 2 bridgehead atoms. The summed E-state index contributed by atoms with van der Waals surface area (Å²) in [6.45, 7) is 2.65. The maximum atomic E-state index is 12.5. The van der Waals surface area contributed by atoms with Crippen LogP contribution in [0.3, 0.4) is 0 Å². The number of nitrogens with zero attached hydrogens (tertiary/aromatic N) is 2. The van der Waals surface area contributed by atoms with E-state index in [1.54, 1.807) is 23.2 Å². The molecule has 3 N–H and O–H groups in total. The van der Waals surface area contributed by atoms with Crippen LogP contribution in [0.4, 0.5) is 18.0 Å². The van der Waals surface area contributed by atoms with E-state index in [4.69, 9.17) is 11.6 Å². The predicted octanol–water partition coefficient (Wildman–Crippen LogP) is 4.79. The number of halogens is 4. The molecule has 3 unspecified atom stereocenters. The van der Waals surface area contributed by atoms with Crippen LogP contribution < -0.4 is 5.32 Å². The Kier molecular flexibility index (Phi) is 5.62. The molecule has 1 aromatic carbocycles. The minimum atomic E-state index is -4.44. The first kappa shape index (κ1) is 22.2. The molecule has 2 saturated heterocycles. The van der Waals surface area contributed by atoms with Gasteiger partial charge in [0, 0.05) is 28.1 Å². The van der Waals surface area contributed by atoms with E-state index in [2.05, 4.69) is 10.2 Å². The third-order valence-electron chi connectivity index (χ3n) is 7.00. The molecule has 2 aliphatic heterocycles. The highest BCUT2D eigenvalue weighted by atomic mass is 35.5. The number of piperidine rings is 1. The fourth-order valence-corrected chi connectivity index (χ4v) is 5.51. The quantitative estimate of drug-likeness (QED) is 0.616. The van der Waals surface area contributed by atoms with Crippen molar-refractivity contribution in [3.05, 3.63) is 28.9 Å². The molecule has 4 rings (SSSR count). The van der Waals surface area contributed by atoms with Crippen molar-refractivity contribution in [1.29, 1.82) is 0 Å². The van der Waals surface area contributed by atoms with Gasteiger partial charge in [0.15, 0.2) is 0 Å². The lowest BCUT2D eigenvalue weighted by molar-refractivity contribution is -0.123. The number of hydrogen-bond donors (Lipinski definition) is 3. The summed E-state index contributed by atoms with van der Waals surface area (Å²) in [6, 6.07) is 2.60. The molecule has 10 heteroatoms. The first-order chi connectivity index (χ1) is 14.5. The largest absolute Gasteiger partial charge is 0.405 e. The van der Waals surface area contributed by atoms with E-state index >= 15 is 0 Å². The van der Waals surface area contributed by atoms with Crippen molar-refractivity contribution in [2.45, 2.75) is 63.9 Å². The van der Waals surface area contributed by atoms with Gasteiger partial charge in [0.25, 0.3) is 0 Å². The van der Waals surface area contributed by atoms with Gasteiger partial charge in [-0.15, -0.1) is 0 Å². The molecule has 6 nitrogen and oxygen atoms in total. The van der Waals surface area contributed by atoms with Gasteiger partial charge in [0.2, 0.25) is 0 Å². The van der Waals surface area contributed by atoms with Crippen LogP contribution in [0.25, 0.3) is 10.9 Å². The summed E-state index contributed by atoms with van der Waals surface area (Å²) in [5.74, 6) is 0.0867. The van der Waals surface area contributed by atoms with Crippen LogP contribution in [0.1, 0.15) is 51.2 Å². The van der Waals surface area contributed by atoms with Gasteiger partial charge in [-0.1, -0.05) is 25.4 Å². The Morgan fingerprint density at radius 3 is 2.58 bits per heavy atom. The topological polar surface area (TPSA) is 81.2 Å². The van der Waals surface area contributed by atoms with Crippen LogP contribution in [0, 0.1) is 11.3 Å². The SMILES string of the molecule is CC(C)(C1CC2CC[C@@H](C1)N2C(=O)NCC(F)(F)F)C(O)c1cc(Cl)cc2cn[nH]c12. The number of amides is 2. The number of aliphatic hydroxyl groups is 1. The molecule has 2 aliphatic rings. The molecule has 31 heavy (non-hydrogen) atoms. The number of carbonyl (C=O) groups excluding carboxylic acids is 1. The van der Waals surface area contributed by atoms with Crippen molar-refractivity contribution in [2.24, 2.45) is 11.3 Å². The Bertz CT molecular complexity index is 963. The van der Waals surface area contributed by atoms with Gasteiger partial charge in [0.1, 0.15) is 6.54 Å². The molecule has 170 valence electrons. The summed E-state index contributed by atoms with van der Waals surface area (Å²) in [5, 5.41) is 21.7. The van der Waals surface area contributed by atoms with E-state index in [1.807, 2.05) is 19.2 Å². The molecular weight excluding hydrogens is 433 g/mol. The molecule has 0 saturated carbocycles. The molecule has 4 atom stereocenters. The van der Waals surface area contributed by atoms with Crippen molar-refractivity contribution in [1.82, 2.24) is 20.4 Å². The van der Waals surface area contributed by atoms with Crippen LogP contribution in [-0.2, 0) is 0 Å². The number of benzene rings is 1. The van der Waals surface area contributed by atoms with Gasteiger partial charge < -0.3 is 15.3 Å². The molecule has 0 aliphatic carbocycles. The number of rotatable bonds is 4. The fourth-order valence-electron chi connectivity index (χ4n) is 5.27. The second kappa shape index (κ2) is 7.85. The Morgan fingerprint density at radius 2 is 1.97 bits per heavy atom. The maximum Gasteiger partial charge on any atom is 0.405 e. The van der Waals surface area contributed by atoms with E-state index in [0.29, 0.717) is 23.4 Å². The molecule has 0 radical (unpaired) electrons. The Balaban J connectivity index is 1.52. The second-order valence-corrected chi connectivity index (χ2v) is 9.72. The van der Waals surface area contributed by atoms with E-state index in [0.717, 1.165) is 23.7 Å². The summed E-state index contributed by atoms with van der Waals surface area (Å²) < 4.78 is 37.5. The molecule has 1 aromatic heterocycles. The van der Waals surface area contributed by atoms with Crippen LogP contribution in [-0.4, -0.2) is 51.0 Å². The maximum absolute atomic E-state index is 12.5. The lowest BCUT2D eigenvalue weighted by Gasteiger charge is -2.46. The average Bonchev–Trinajstić information content (AvgIpc) is 3.25. The summed E-state index contributed by atoms with van der Waals surface area (Å²) in [7, 11) is 0. The van der Waals surface area contributed by atoms with Crippen LogP contribution in [0.2, 0.25) is 5.02 Å². The number of nitrogens with one attached hydrogen (secondary N) is 2. The highest BCUT2D eigenvalue weighted by Gasteiger charge is 2.49. The average molecular weight is 459 g/mol. The molecule has 3 heterocycles.